The van der Waals surface area contributed by atoms with Gasteiger partial charge in [-0.15, -0.1) is 0 Å². The summed E-state index contributed by atoms with van der Waals surface area (Å²) >= 11 is 0. The van der Waals surface area contributed by atoms with E-state index in [0.29, 0.717) is 28.0 Å². The van der Waals surface area contributed by atoms with Crippen LogP contribution in [0.3, 0.4) is 0 Å². The van der Waals surface area contributed by atoms with E-state index in [1.165, 1.54) is 51.4 Å². The monoisotopic (exact) mass is 662 g/mol. The van der Waals surface area contributed by atoms with Crippen molar-refractivity contribution in [3.05, 3.63) is 60.2 Å². The number of nitrogens with one attached hydrogen (secondary N) is 1. The Balaban J connectivity index is 1.55. The molecule has 3 aromatic rings. The number of hydrogen-bond donors (Lipinski definition) is 3. The van der Waals surface area contributed by atoms with E-state index < -0.39 is 12.0 Å². The third-order valence-electron chi connectivity index (χ3n) is 8.73. The van der Waals surface area contributed by atoms with E-state index in [4.69, 9.17) is 19.9 Å². The Hall–Kier alpha value is -3.94. The SMILES string of the molecule is CCCCCCCCCC(CCCCCCC)C(=O)OC(C)CNC(=O)c1cc(OCCOc2ccc(N)cc2)c2ccccc2c1O. The van der Waals surface area contributed by atoms with Crippen molar-refractivity contribution < 1.29 is 28.9 Å². The van der Waals surface area contributed by atoms with Crippen LogP contribution in [0.5, 0.6) is 17.2 Å². The average molecular weight is 663 g/mol. The van der Waals surface area contributed by atoms with Crippen LogP contribution in [0.1, 0.15) is 121 Å². The first kappa shape index (κ1) is 38.5. The lowest BCUT2D eigenvalue weighted by Gasteiger charge is -2.20. The van der Waals surface area contributed by atoms with Gasteiger partial charge in [0.1, 0.15) is 36.6 Å². The number of carbonyl (C=O) groups is 2. The highest BCUT2D eigenvalue weighted by Crippen LogP contribution is 2.36. The second-order valence-electron chi connectivity index (χ2n) is 12.8. The number of esters is 1. The van der Waals surface area contributed by atoms with Gasteiger partial charge in [0.2, 0.25) is 0 Å². The van der Waals surface area contributed by atoms with Crippen LogP contribution in [0.2, 0.25) is 0 Å². The molecule has 0 aromatic heterocycles. The zero-order valence-electron chi connectivity index (χ0n) is 29.4. The number of anilines is 1. The summed E-state index contributed by atoms with van der Waals surface area (Å²) in [6.45, 7) is 6.86. The van der Waals surface area contributed by atoms with Gasteiger partial charge in [-0.3, -0.25) is 9.59 Å². The maximum absolute atomic E-state index is 13.3. The molecule has 2 unspecified atom stereocenters. The number of phenolic OH excluding ortho intramolecular Hbond substituents is 1. The molecule has 0 saturated heterocycles. The molecule has 0 aliphatic carbocycles. The van der Waals surface area contributed by atoms with Crippen LogP contribution in [-0.4, -0.2) is 42.8 Å². The predicted molar refractivity (Wildman–Crippen MR) is 195 cm³/mol. The van der Waals surface area contributed by atoms with E-state index >= 15 is 0 Å². The Morgan fingerprint density at radius 1 is 0.771 bits per heavy atom. The van der Waals surface area contributed by atoms with Crippen LogP contribution < -0.4 is 20.5 Å². The van der Waals surface area contributed by atoms with Crippen molar-refractivity contribution in [3.63, 3.8) is 0 Å². The predicted octanol–water partition coefficient (Wildman–Crippen LogP) is 9.36. The highest BCUT2D eigenvalue weighted by Gasteiger charge is 2.23. The lowest BCUT2D eigenvalue weighted by Crippen LogP contribution is -2.34. The molecule has 4 N–H and O–H groups in total. The number of unbranched alkanes of at least 4 members (excludes halogenated alkanes) is 10. The molecule has 8 heteroatoms. The van der Waals surface area contributed by atoms with Gasteiger partial charge in [-0.2, -0.15) is 0 Å². The molecule has 8 nitrogen and oxygen atoms in total. The molecule has 3 aromatic carbocycles. The Kier molecular flexibility index (Phi) is 17.5. The number of nitrogens with two attached hydrogens (primary N) is 1. The van der Waals surface area contributed by atoms with E-state index in [1.807, 2.05) is 12.1 Å². The summed E-state index contributed by atoms with van der Waals surface area (Å²) in [6.07, 6.45) is 15.4. The van der Waals surface area contributed by atoms with Crippen molar-refractivity contribution in [2.45, 2.75) is 117 Å². The number of hydrogen-bond acceptors (Lipinski definition) is 7. The van der Waals surface area contributed by atoms with Crippen molar-refractivity contribution in [2.24, 2.45) is 5.92 Å². The maximum atomic E-state index is 13.3. The fraction of sp³-hybridized carbons (Fsp3) is 0.550. The summed E-state index contributed by atoms with van der Waals surface area (Å²) in [5.74, 6) is 0.239. The van der Waals surface area contributed by atoms with Crippen LogP contribution in [0.25, 0.3) is 10.8 Å². The van der Waals surface area contributed by atoms with Crippen molar-refractivity contribution in [3.8, 4) is 17.2 Å². The van der Waals surface area contributed by atoms with Crippen molar-refractivity contribution in [2.75, 3.05) is 25.5 Å². The van der Waals surface area contributed by atoms with Crippen LogP contribution in [-0.2, 0) is 9.53 Å². The molecule has 1 amide bonds. The minimum Gasteiger partial charge on any atom is -0.506 e. The Labute approximate surface area is 287 Å². The summed E-state index contributed by atoms with van der Waals surface area (Å²) in [4.78, 5) is 26.6. The topological polar surface area (TPSA) is 120 Å². The molecular weight excluding hydrogens is 604 g/mol. The summed E-state index contributed by atoms with van der Waals surface area (Å²) in [7, 11) is 0. The first-order valence-electron chi connectivity index (χ1n) is 18.2. The highest BCUT2D eigenvalue weighted by molar-refractivity contribution is 6.05. The smallest absolute Gasteiger partial charge is 0.309 e. The van der Waals surface area contributed by atoms with Gasteiger partial charge in [-0.05, 0) is 50.1 Å². The molecule has 264 valence electrons. The number of carbonyl (C=O) groups excluding carboxylic acids is 2. The Morgan fingerprint density at radius 2 is 1.33 bits per heavy atom. The zero-order chi connectivity index (χ0) is 34.6. The second-order valence-corrected chi connectivity index (χ2v) is 12.8. The molecule has 2 atom stereocenters. The number of aromatic hydroxyl groups is 1. The summed E-state index contributed by atoms with van der Waals surface area (Å²) in [6, 6.07) is 15.9. The van der Waals surface area contributed by atoms with Crippen LogP contribution >= 0.6 is 0 Å². The minimum absolute atomic E-state index is 0.0885. The standard InChI is InChI=1S/C40H58N2O6/c1-4-6-8-10-11-13-15-19-31(18-14-12-9-7-5-2)40(45)48-30(3)29-42-39(44)36-28-37(34-20-16-17-21-35(34)38(36)43)47-27-26-46-33-24-22-32(41)23-25-33/h16-17,20-25,28,30-31,43H,4-15,18-19,26-27,29,41H2,1-3H3,(H,42,44). The van der Waals surface area contributed by atoms with Crippen LogP contribution in [0, 0.1) is 5.92 Å². The number of amides is 1. The number of fused-ring (bicyclic) bond motifs is 1. The zero-order valence-corrected chi connectivity index (χ0v) is 29.4. The van der Waals surface area contributed by atoms with Gasteiger partial charge in [0.15, 0.2) is 0 Å². The summed E-state index contributed by atoms with van der Waals surface area (Å²) in [5.41, 5.74) is 6.48. The first-order valence-corrected chi connectivity index (χ1v) is 18.2. The van der Waals surface area contributed by atoms with Gasteiger partial charge in [-0.1, -0.05) is 115 Å². The van der Waals surface area contributed by atoms with Crippen molar-refractivity contribution >= 4 is 28.3 Å². The van der Waals surface area contributed by atoms with Gasteiger partial charge in [0, 0.05) is 16.5 Å². The van der Waals surface area contributed by atoms with Crippen LogP contribution in [0.4, 0.5) is 5.69 Å². The van der Waals surface area contributed by atoms with Crippen molar-refractivity contribution in [1.29, 1.82) is 0 Å². The summed E-state index contributed by atoms with van der Waals surface area (Å²) < 4.78 is 17.6. The fourth-order valence-corrected chi connectivity index (χ4v) is 5.88. The molecule has 0 aliphatic rings. The molecule has 3 rings (SSSR count). The number of nitrogen functional groups attached to an aromatic ring is 1. The molecule has 48 heavy (non-hydrogen) atoms. The maximum Gasteiger partial charge on any atom is 0.309 e. The number of benzene rings is 3. The molecule has 0 saturated carbocycles. The Bertz CT molecular complexity index is 1380. The van der Waals surface area contributed by atoms with E-state index in [9.17, 15) is 14.7 Å². The third-order valence-corrected chi connectivity index (χ3v) is 8.73. The molecular formula is C40H58N2O6. The third kappa shape index (κ3) is 13.3. The average Bonchev–Trinajstić information content (AvgIpc) is 3.09. The normalized spacial score (nSPS) is 12.4. The molecule has 0 heterocycles. The number of rotatable bonds is 24. The molecule has 0 fully saturated rings. The fourth-order valence-electron chi connectivity index (χ4n) is 5.88. The van der Waals surface area contributed by atoms with Gasteiger partial charge in [-0.25, -0.2) is 0 Å². The van der Waals surface area contributed by atoms with E-state index in [2.05, 4.69) is 19.2 Å². The number of phenols is 1. The molecule has 0 aliphatic heterocycles. The lowest BCUT2D eigenvalue weighted by molar-refractivity contribution is -0.153. The minimum atomic E-state index is -0.512. The lowest BCUT2D eigenvalue weighted by atomic mass is 9.94. The highest BCUT2D eigenvalue weighted by atomic mass is 16.5. The van der Waals surface area contributed by atoms with E-state index in [-0.39, 0.29) is 43.0 Å². The second kappa shape index (κ2) is 21.8. The van der Waals surface area contributed by atoms with E-state index in [1.54, 1.807) is 49.4 Å². The Morgan fingerprint density at radius 3 is 1.96 bits per heavy atom. The largest absolute Gasteiger partial charge is 0.506 e. The number of ether oxygens (including phenoxy) is 3. The molecule has 0 radical (unpaired) electrons. The summed E-state index contributed by atoms with van der Waals surface area (Å²) in [5, 5.41) is 15.1. The molecule has 0 bridgehead atoms. The van der Waals surface area contributed by atoms with Crippen LogP contribution in [0.15, 0.2) is 54.6 Å². The van der Waals surface area contributed by atoms with Gasteiger partial charge in [0.25, 0.3) is 5.91 Å². The molecule has 0 spiro atoms. The first-order chi connectivity index (χ1) is 23.3. The van der Waals surface area contributed by atoms with Gasteiger partial charge < -0.3 is 30.4 Å². The van der Waals surface area contributed by atoms with Gasteiger partial charge >= 0.3 is 5.97 Å². The quantitative estimate of drug-likeness (QED) is 0.0497. The van der Waals surface area contributed by atoms with Gasteiger partial charge in [0.05, 0.1) is 18.0 Å². The van der Waals surface area contributed by atoms with Crippen molar-refractivity contribution in [1.82, 2.24) is 5.32 Å². The van der Waals surface area contributed by atoms with E-state index in [0.717, 1.165) is 38.5 Å².